The molecule has 1 amide bonds. The number of sulfonamides is 1. The Morgan fingerprint density at radius 1 is 1.59 bits per heavy atom. The summed E-state index contributed by atoms with van der Waals surface area (Å²) in [6, 6.07) is -0.561. The molecule has 0 bridgehead atoms. The fourth-order valence-corrected chi connectivity index (χ4v) is 3.88. The first-order chi connectivity index (χ1) is 7.92. The molecular formula is C10H20N2O4S. The molecule has 0 saturated carbocycles. The molecular weight excluding hydrogens is 244 g/mol. The summed E-state index contributed by atoms with van der Waals surface area (Å²) < 4.78 is 30.5. The Morgan fingerprint density at radius 2 is 2.24 bits per heavy atom. The van der Waals surface area contributed by atoms with Crippen molar-refractivity contribution in [2.45, 2.75) is 31.9 Å². The molecule has 0 aromatic heterocycles. The first-order valence-corrected chi connectivity index (χ1v) is 7.27. The van der Waals surface area contributed by atoms with E-state index in [2.05, 4.69) is 5.32 Å². The zero-order valence-electron chi connectivity index (χ0n) is 10.5. The Hall–Kier alpha value is -0.660. The summed E-state index contributed by atoms with van der Waals surface area (Å²) in [5, 5.41) is 2.50. The third kappa shape index (κ3) is 3.40. The van der Waals surface area contributed by atoms with Crippen molar-refractivity contribution in [1.29, 1.82) is 0 Å². The number of hydrogen-bond acceptors (Lipinski definition) is 4. The molecule has 1 aliphatic rings. The van der Waals surface area contributed by atoms with Crippen LogP contribution in [0.3, 0.4) is 0 Å². The normalized spacial score (nSPS) is 23.6. The fraction of sp³-hybridized carbons (Fsp3) is 0.900. The standard InChI is InChI=1S/C10H20N2O4S/c1-8(16-3)7-17(14,15)12-6-4-5-9(12)10(13)11-2/h8-9H,4-7H2,1-3H3,(H,11,13)/t8-,9-/m0/s1. The van der Waals surface area contributed by atoms with Crippen LogP contribution in [0.15, 0.2) is 0 Å². The van der Waals surface area contributed by atoms with Crippen molar-refractivity contribution < 1.29 is 17.9 Å². The molecule has 0 aliphatic carbocycles. The lowest BCUT2D eigenvalue weighted by Gasteiger charge is -2.24. The first kappa shape index (κ1) is 14.4. The van der Waals surface area contributed by atoms with E-state index < -0.39 is 16.1 Å². The van der Waals surface area contributed by atoms with Gasteiger partial charge in [-0.2, -0.15) is 4.31 Å². The van der Waals surface area contributed by atoms with E-state index in [0.29, 0.717) is 13.0 Å². The van der Waals surface area contributed by atoms with Crippen LogP contribution in [0.4, 0.5) is 0 Å². The maximum absolute atomic E-state index is 12.1. The molecule has 1 N–H and O–H groups in total. The van der Waals surface area contributed by atoms with Crippen molar-refractivity contribution in [1.82, 2.24) is 9.62 Å². The monoisotopic (exact) mass is 264 g/mol. The second-order valence-corrected chi connectivity index (χ2v) is 6.17. The molecule has 1 saturated heterocycles. The predicted octanol–water partition coefficient (Wildman–Crippen LogP) is -0.438. The van der Waals surface area contributed by atoms with Crippen molar-refractivity contribution in [3.8, 4) is 0 Å². The summed E-state index contributed by atoms with van der Waals surface area (Å²) in [6.07, 6.45) is 0.935. The van der Waals surface area contributed by atoms with E-state index in [9.17, 15) is 13.2 Å². The minimum atomic E-state index is -3.43. The van der Waals surface area contributed by atoms with Crippen LogP contribution >= 0.6 is 0 Å². The maximum atomic E-state index is 12.1. The Balaban J connectivity index is 2.80. The number of rotatable bonds is 5. The average Bonchev–Trinajstić information content (AvgIpc) is 2.76. The van der Waals surface area contributed by atoms with Gasteiger partial charge in [0, 0.05) is 20.7 Å². The Labute approximate surface area is 102 Å². The number of carbonyl (C=O) groups is 1. The van der Waals surface area contributed by atoms with Gasteiger partial charge in [-0.1, -0.05) is 0 Å². The first-order valence-electron chi connectivity index (χ1n) is 5.66. The number of hydrogen-bond donors (Lipinski definition) is 1. The number of amides is 1. The van der Waals surface area contributed by atoms with E-state index >= 15 is 0 Å². The third-order valence-electron chi connectivity index (χ3n) is 2.96. The van der Waals surface area contributed by atoms with E-state index in [4.69, 9.17) is 4.74 Å². The van der Waals surface area contributed by atoms with Gasteiger partial charge < -0.3 is 10.1 Å². The van der Waals surface area contributed by atoms with Crippen LogP contribution in [0.1, 0.15) is 19.8 Å². The Bertz CT molecular complexity index is 369. The lowest BCUT2D eigenvalue weighted by atomic mass is 10.2. The highest BCUT2D eigenvalue weighted by Gasteiger charge is 2.38. The molecule has 1 fully saturated rings. The van der Waals surface area contributed by atoms with Gasteiger partial charge in [0.2, 0.25) is 15.9 Å². The molecule has 1 rings (SSSR count). The number of nitrogens with zero attached hydrogens (tertiary/aromatic N) is 1. The molecule has 0 spiro atoms. The molecule has 0 radical (unpaired) electrons. The van der Waals surface area contributed by atoms with Crippen LogP contribution in [0.2, 0.25) is 0 Å². The summed E-state index contributed by atoms with van der Waals surface area (Å²) in [6.45, 7) is 2.11. The van der Waals surface area contributed by atoms with Gasteiger partial charge in [-0.25, -0.2) is 8.42 Å². The van der Waals surface area contributed by atoms with Crippen LogP contribution in [-0.4, -0.2) is 57.2 Å². The van der Waals surface area contributed by atoms with Crippen LogP contribution in [0, 0.1) is 0 Å². The van der Waals surface area contributed by atoms with Crippen molar-refractivity contribution in [3.05, 3.63) is 0 Å². The quantitative estimate of drug-likeness (QED) is 0.730. The van der Waals surface area contributed by atoms with Crippen molar-refractivity contribution in [2.75, 3.05) is 26.5 Å². The van der Waals surface area contributed by atoms with Gasteiger partial charge in [-0.15, -0.1) is 0 Å². The number of nitrogens with one attached hydrogen (secondary N) is 1. The van der Waals surface area contributed by atoms with Gasteiger partial charge in [0.1, 0.15) is 6.04 Å². The highest BCUT2D eigenvalue weighted by Crippen LogP contribution is 2.22. The molecule has 2 atom stereocenters. The molecule has 7 heteroatoms. The lowest BCUT2D eigenvalue weighted by Crippen LogP contribution is -2.46. The van der Waals surface area contributed by atoms with Gasteiger partial charge in [0.15, 0.2) is 0 Å². The molecule has 1 aliphatic heterocycles. The Kier molecular flexibility index (Phi) is 4.91. The van der Waals surface area contributed by atoms with Crippen molar-refractivity contribution in [2.24, 2.45) is 0 Å². The molecule has 0 aromatic rings. The highest BCUT2D eigenvalue weighted by molar-refractivity contribution is 7.89. The van der Waals surface area contributed by atoms with Crippen LogP contribution in [0.5, 0.6) is 0 Å². The zero-order chi connectivity index (χ0) is 13.1. The maximum Gasteiger partial charge on any atom is 0.238 e. The number of methoxy groups -OCH3 is 1. The number of likely N-dealkylation sites (N-methyl/N-ethyl adjacent to an activating group) is 1. The highest BCUT2D eigenvalue weighted by atomic mass is 32.2. The summed E-state index contributed by atoms with van der Waals surface area (Å²) in [7, 11) is -0.438. The summed E-state index contributed by atoms with van der Waals surface area (Å²) >= 11 is 0. The average molecular weight is 264 g/mol. The van der Waals surface area contributed by atoms with Gasteiger partial charge in [0.25, 0.3) is 0 Å². The van der Waals surface area contributed by atoms with E-state index in [0.717, 1.165) is 6.42 Å². The van der Waals surface area contributed by atoms with E-state index in [1.54, 1.807) is 6.92 Å². The second kappa shape index (κ2) is 5.79. The zero-order valence-corrected chi connectivity index (χ0v) is 11.3. The minimum absolute atomic E-state index is 0.0863. The van der Waals surface area contributed by atoms with Gasteiger partial charge >= 0.3 is 0 Å². The summed E-state index contributed by atoms with van der Waals surface area (Å²) in [5.74, 6) is -0.326. The molecule has 0 aromatic carbocycles. The number of ether oxygens (including phenoxy) is 1. The Morgan fingerprint density at radius 3 is 2.76 bits per heavy atom. The summed E-state index contributed by atoms with van der Waals surface area (Å²) in [5.41, 5.74) is 0. The van der Waals surface area contributed by atoms with Crippen molar-refractivity contribution >= 4 is 15.9 Å². The van der Waals surface area contributed by atoms with E-state index in [-0.39, 0.29) is 17.8 Å². The predicted molar refractivity (Wildman–Crippen MR) is 64.1 cm³/mol. The van der Waals surface area contributed by atoms with Crippen LogP contribution < -0.4 is 5.32 Å². The molecule has 17 heavy (non-hydrogen) atoms. The fourth-order valence-electron chi connectivity index (χ4n) is 1.96. The third-order valence-corrected chi connectivity index (χ3v) is 5.00. The molecule has 100 valence electrons. The molecule has 1 heterocycles. The SMILES string of the molecule is CNC(=O)[C@@H]1CCCN1S(=O)(=O)C[C@H](C)OC. The van der Waals surface area contributed by atoms with Crippen LogP contribution in [0.25, 0.3) is 0 Å². The lowest BCUT2D eigenvalue weighted by molar-refractivity contribution is -0.123. The van der Waals surface area contributed by atoms with Gasteiger partial charge in [0.05, 0.1) is 11.9 Å². The largest absolute Gasteiger partial charge is 0.381 e. The molecule has 6 nitrogen and oxygen atoms in total. The van der Waals surface area contributed by atoms with E-state index in [1.165, 1.54) is 18.5 Å². The minimum Gasteiger partial charge on any atom is -0.381 e. The van der Waals surface area contributed by atoms with Gasteiger partial charge in [-0.05, 0) is 19.8 Å². The molecule has 0 unspecified atom stereocenters. The smallest absolute Gasteiger partial charge is 0.238 e. The van der Waals surface area contributed by atoms with Crippen molar-refractivity contribution in [3.63, 3.8) is 0 Å². The summed E-state index contributed by atoms with van der Waals surface area (Å²) in [4.78, 5) is 11.6. The van der Waals surface area contributed by atoms with Gasteiger partial charge in [-0.3, -0.25) is 4.79 Å². The topological polar surface area (TPSA) is 75.7 Å². The number of carbonyl (C=O) groups excluding carboxylic acids is 1. The van der Waals surface area contributed by atoms with Crippen LogP contribution in [-0.2, 0) is 19.6 Å². The second-order valence-electron chi connectivity index (χ2n) is 4.21. The van der Waals surface area contributed by atoms with E-state index in [1.807, 2.05) is 0 Å².